The molecule has 1 aromatic carbocycles. The summed E-state index contributed by atoms with van der Waals surface area (Å²) in [4.78, 5) is 38.0. The number of carbonyl (C=O) groups is 2. The molecule has 37 heavy (non-hydrogen) atoms. The highest BCUT2D eigenvalue weighted by atomic mass is 16.6. The fourth-order valence-corrected chi connectivity index (χ4v) is 4.53. The number of nitriles is 1. The van der Waals surface area contributed by atoms with Crippen LogP contribution in [-0.2, 0) is 9.53 Å². The smallest absolute Gasteiger partial charge is 0.410 e. The van der Waals surface area contributed by atoms with E-state index < -0.39 is 17.6 Å². The van der Waals surface area contributed by atoms with Gasteiger partial charge in [-0.1, -0.05) is 12.1 Å². The number of aryl methyl sites for hydroxylation is 1. The second kappa shape index (κ2) is 10.5. The zero-order valence-corrected chi connectivity index (χ0v) is 22.0. The third kappa shape index (κ3) is 5.66. The van der Waals surface area contributed by atoms with Crippen molar-refractivity contribution in [1.82, 2.24) is 14.9 Å². The van der Waals surface area contributed by atoms with Gasteiger partial charge in [0.15, 0.2) is 0 Å². The van der Waals surface area contributed by atoms with Crippen molar-refractivity contribution in [3.63, 3.8) is 0 Å². The zero-order valence-electron chi connectivity index (χ0n) is 22.0. The van der Waals surface area contributed by atoms with Gasteiger partial charge in [-0.3, -0.25) is 10.1 Å². The first kappa shape index (κ1) is 25.9. The van der Waals surface area contributed by atoms with Crippen molar-refractivity contribution >= 4 is 34.9 Å². The lowest BCUT2D eigenvalue weighted by Crippen LogP contribution is -2.45. The lowest BCUT2D eigenvalue weighted by atomic mass is 9.97. The van der Waals surface area contributed by atoms with Crippen LogP contribution in [0.25, 0.3) is 5.57 Å². The number of benzene rings is 1. The summed E-state index contributed by atoms with van der Waals surface area (Å²) >= 11 is 0. The molecule has 2 aliphatic heterocycles. The number of para-hydroxylation sites is 2. The SMILES string of the molecule is CCN1/C(=C(\C#N)c2nc(NC(=O)C3CCCN(C(=O)OC(C)(C)C)C3)ncc2C)Nc2ccccc21. The minimum Gasteiger partial charge on any atom is -0.444 e. The van der Waals surface area contributed by atoms with E-state index in [4.69, 9.17) is 4.74 Å². The molecule has 3 heterocycles. The van der Waals surface area contributed by atoms with Crippen LogP contribution in [0.2, 0.25) is 0 Å². The fraction of sp³-hybridized carbons (Fsp3) is 0.444. The summed E-state index contributed by atoms with van der Waals surface area (Å²) in [5, 5.41) is 16.3. The molecule has 1 saturated heterocycles. The Kier molecular flexibility index (Phi) is 7.34. The molecule has 2 N–H and O–H groups in total. The van der Waals surface area contributed by atoms with Crippen LogP contribution in [0.1, 0.15) is 51.8 Å². The summed E-state index contributed by atoms with van der Waals surface area (Å²) in [6.07, 6.45) is 2.52. The van der Waals surface area contributed by atoms with Crippen LogP contribution in [0.3, 0.4) is 0 Å². The van der Waals surface area contributed by atoms with Gasteiger partial charge in [0.25, 0.3) is 0 Å². The molecular weight excluding hydrogens is 470 g/mol. The summed E-state index contributed by atoms with van der Waals surface area (Å²) in [5.74, 6) is 0.0817. The molecule has 2 aromatic rings. The number of anilines is 3. The van der Waals surface area contributed by atoms with Gasteiger partial charge in [-0.15, -0.1) is 0 Å². The van der Waals surface area contributed by atoms with Gasteiger partial charge in [-0.2, -0.15) is 5.26 Å². The number of carbonyl (C=O) groups excluding carboxylic acids is 2. The molecule has 2 amide bonds. The molecule has 0 bridgehead atoms. The number of aromatic nitrogens is 2. The Morgan fingerprint density at radius 3 is 2.76 bits per heavy atom. The number of hydrogen-bond acceptors (Lipinski definition) is 8. The Hall–Kier alpha value is -4.13. The second-order valence-electron chi connectivity index (χ2n) is 10.2. The Bertz CT molecular complexity index is 1280. The zero-order chi connectivity index (χ0) is 26.7. The van der Waals surface area contributed by atoms with Crippen LogP contribution in [0.4, 0.5) is 22.1 Å². The van der Waals surface area contributed by atoms with Crippen LogP contribution in [0, 0.1) is 24.2 Å². The summed E-state index contributed by atoms with van der Waals surface area (Å²) in [7, 11) is 0. The van der Waals surface area contributed by atoms with E-state index in [1.54, 1.807) is 11.1 Å². The van der Waals surface area contributed by atoms with Crippen molar-refractivity contribution < 1.29 is 14.3 Å². The largest absolute Gasteiger partial charge is 0.444 e. The van der Waals surface area contributed by atoms with E-state index in [1.165, 1.54) is 0 Å². The molecule has 0 saturated carbocycles. The molecule has 2 aliphatic rings. The van der Waals surface area contributed by atoms with Crippen molar-refractivity contribution in [3.05, 3.63) is 47.5 Å². The van der Waals surface area contributed by atoms with Crippen molar-refractivity contribution in [2.45, 2.75) is 53.1 Å². The summed E-state index contributed by atoms with van der Waals surface area (Å²) in [6, 6.07) is 10.1. The molecule has 0 radical (unpaired) electrons. The molecule has 1 atom stereocenters. The molecule has 194 valence electrons. The summed E-state index contributed by atoms with van der Waals surface area (Å²) in [6.45, 7) is 10.8. The average Bonchev–Trinajstić information content (AvgIpc) is 3.23. The average molecular weight is 504 g/mol. The van der Waals surface area contributed by atoms with Crippen molar-refractivity contribution in [2.24, 2.45) is 5.92 Å². The number of amides is 2. The molecule has 0 aliphatic carbocycles. The number of rotatable bonds is 4. The Morgan fingerprint density at radius 1 is 1.30 bits per heavy atom. The van der Waals surface area contributed by atoms with E-state index in [9.17, 15) is 14.9 Å². The maximum Gasteiger partial charge on any atom is 0.410 e. The van der Waals surface area contributed by atoms with Gasteiger partial charge in [0.05, 0.1) is 23.0 Å². The van der Waals surface area contributed by atoms with Crippen molar-refractivity contribution in [2.75, 3.05) is 35.2 Å². The Morgan fingerprint density at radius 2 is 2.05 bits per heavy atom. The Balaban J connectivity index is 1.54. The van der Waals surface area contributed by atoms with Crippen LogP contribution in [0.5, 0.6) is 0 Å². The van der Waals surface area contributed by atoms with E-state index in [0.717, 1.165) is 11.4 Å². The number of allylic oxidation sites excluding steroid dienone is 1. The molecule has 10 nitrogen and oxygen atoms in total. The molecule has 0 spiro atoms. The predicted molar refractivity (Wildman–Crippen MR) is 142 cm³/mol. The number of nitrogens with one attached hydrogen (secondary N) is 2. The number of piperidine rings is 1. The van der Waals surface area contributed by atoms with E-state index >= 15 is 0 Å². The van der Waals surface area contributed by atoms with Gasteiger partial charge >= 0.3 is 6.09 Å². The van der Waals surface area contributed by atoms with Crippen molar-refractivity contribution in [3.8, 4) is 6.07 Å². The highest BCUT2D eigenvalue weighted by molar-refractivity contribution is 5.93. The van der Waals surface area contributed by atoms with E-state index in [0.29, 0.717) is 48.6 Å². The quantitative estimate of drug-likeness (QED) is 0.584. The maximum atomic E-state index is 13.1. The molecule has 1 unspecified atom stereocenters. The first-order valence-corrected chi connectivity index (χ1v) is 12.5. The standard InChI is InChI=1S/C27H33N7O3/c1-6-34-21-12-8-7-11-20(21)30-23(34)19(14-28)22-17(2)15-29-25(31-22)32-24(35)18-10-9-13-33(16-18)26(36)37-27(3,4)5/h7-8,11-12,15,18,30H,6,9-10,13,16H2,1-5H3,(H,29,31,32,35)/b23-19+. The monoisotopic (exact) mass is 503 g/mol. The van der Waals surface area contributed by atoms with Gasteiger partial charge in [-0.05, 0) is 65.2 Å². The number of fused-ring (bicyclic) bond motifs is 1. The van der Waals surface area contributed by atoms with Crippen LogP contribution in [0.15, 0.2) is 36.3 Å². The first-order valence-electron chi connectivity index (χ1n) is 12.5. The minimum atomic E-state index is -0.603. The normalized spacial score (nSPS) is 18.4. The number of ether oxygens (including phenoxy) is 1. The van der Waals surface area contributed by atoms with Gasteiger partial charge < -0.3 is 19.9 Å². The number of nitrogens with zero attached hydrogens (tertiary/aromatic N) is 5. The summed E-state index contributed by atoms with van der Waals surface area (Å²) < 4.78 is 5.47. The molecule has 4 rings (SSSR count). The van der Waals surface area contributed by atoms with Gasteiger partial charge in [0.1, 0.15) is 23.1 Å². The van der Waals surface area contributed by atoms with E-state index in [1.807, 2.05) is 63.8 Å². The lowest BCUT2D eigenvalue weighted by molar-refractivity contribution is -0.121. The maximum absolute atomic E-state index is 13.1. The Labute approximate surface area is 217 Å². The topological polar surface area (TPSA) is 123 Å². The summed E-state index contributed by atoms with van der Waals surface area (Å²) in [5.41, 5.74) is 2.82. The highest BCUT2D eigenvalue weighted by Crippen LogP contribution is 2.38. The van der Waals surface area contributed by atoms with Crippen molar-refractivity contribution in [1.29, 1.82) is 5.26 Å². The second-order valence-corrected chi connectivity index (χ2v) is 10.2. The first-order chi connectivity index (χ1) is 17.6. The van der Waals surface area contributed by atoms with E-state index in [2.05, 4.69) is 26.7 Å². The fourth-order valence-electron chi connectivity index (χ4n) is 4.53. The molecule has 1 aromatic heterocycles. The van der Waals surface area contributed by atoms with E-state index in [-0.39, 0.29) is 18.4 Å². The third-order valence-corrected chi connectivity index (χ3v) is 6.27. The predicted octanol–water partition coefficient (Wildman–Crippen LogP) is 4.51. The number of likely N-dealkylation sites (tertiary alicyclic amines) is 1. The molecule has 10 heteroatoms. The minimum absolute atomic E-state index is 0.118. The van der Waals surface area contributed by atoms with Crippen LogP contribution < -0.4 is 15.5 Å². The third-order valence-electron chi connectivity index (χ3n) is 6.27. The van der Waals surface area contributed by atoms with Gasteiger partial charge in [0, 0.05) is 25.8 Å². The van der Waals surface area contributed by atoms with Crippen LogP contribution in [-0.4, -0.2) is 52.1 Å². The highest BCUT2D eigenvalue weighted by Gasteiger charge is 2.32. The van der Waals surface area contributed by atoms with Gasteiger partial charge in [-0.25, -0.2) is 14.8 Å². The molecular formula is C27H33N7O3. The lowest BCUT2D eigenvalue weighted by Gasteiger charge is -2.33. The number of hydrogen-bond donors (Lipinski definition) is 2. The van der Waals surface area contributed by atoms with Crippen LogP contribution >= 0.6 is 0 Å². The molecule has 1 fully saturated rings. The van der Waals surface area contributed by atoms with Gasteiger partial charge in [0.2, 0.25) is 11.9 Å².